The van der Waals surface area contributed by atoms with Crippen LogP contribution in [0, 0.1) is 5.41 Å². The third-order valence-electron chi connectivity index (χ3n) is 3.65. The maximum Gasteiger partial charge on any atom is 0.410 e. The van der Waals surface area contributed by atoms with Gasteiger partial charge in [-0.15, -0.1) is 0 Å². The fourth-order valence-electron chi connectivity index (χ4n) is 2.75. The highest BCUT2D eigenvalue weighted by atomic mass is 16.6. The van der Waals surface area contributed by atoms with E-state index in [1.165, 1.54) is 7.11 Å². The summed E-state index contributed by atoms with van der Waals surface area (Å²) in [6.07, 6.45) is 2.02. The largest absolute Gasteiger partial charge is 0.469 e. The second-order valence-electron chi connectivity index (χ2n) is 6.14. The van der Waals surface area contributed by atoms with E-state index in [4.69, 9.17) is 9.47 Å². The van der Waals surface area contributed by atoms with Gasteiger partial charge in [0, 0.05) is 6.54 Å². The van der Waals surface area contributed by atoms with Crippen LogP contribution in [0.25, 0.3) is 0 Å². The number of rotatable bonds is 1. The molecule has 0 aromatic carbocycles. The van der Waals surface area contributed by atoms with Gasteiger partial charge in [0.25, 0.3) is 0 Å². The molecule has 5 nitrogen and oxygen atoms in total. The highest BCUT2D eigenvalue weighted by Crippen LogP contribution is 2.56. The molecule has 1 saturated heterocycles. The fraction of sp³-hybridized carbons (Fsp3) is 0.846. The molecule has 0 N–H and O–H groups in total. The number of nitrogens with zero attached hydrogens (tertiary/aromatic N) is 1. The lowest BCUT2D eigenvalue weighted by Crippen LogP contribution is -2.45. The Bertz CT molecular complexity index is 374. The molecular weight excluding hydrogens is 234 g/mol. The summed E-state index contributed by atoms with van der Waals surface area (Å²) >= 11 is 0. The SMILES string of the molecule is COC(=O)C12CCCN(C(=O)OC(C)(C)C)C1C2. The van der Waals surface area contributed by atoms with Crippen molar-refractivity contribution in [2.24, 2.45) is 5.41 Å². The number of carbonyl (C=O) groups excluding carboxylic acids is 2. The summed E-state index contributed by atoms with van der Waals surface area (Å²) in [6.45, 7) is 6.19. The van der Waals surface area contributed by atoms with Gasteiger partial charge in [-0.1, -0.05) is 0 Å². The van der Waals surface area contributed by atoms with Gasteiger partial charge < -0.3 is 14.4 Å². The highest BCUT2D eigenvalue weighted by Gasteiger charge is 2.66. The molecule has 2 rings (SSSR count). The normalized spacial score (nSPS) is 30.4. The molecule has 2 aliphatic rings. The van der Waals surface area contributed by atoms with Crippen LogP contribution in [-0.2, 0) is 14.3 Å². The summed E-state index contributed by atoms with van der Waals surface area (Å²) < 4.78 is 10.2. The first-order valence-electron chi connectivity index (χ1n) is 6.38. The quantitative estimate of drug-likeness (QED) is 0.672. The predicted molar refractivity (Wildman–Crippen MR) is 65.0 cm³/mol. The smallest absolute Gasteiger partial charge is 0.410 e. The molecule has 0 bridgehead atoms. The van der Waals surface area contributed by atoms with Gasteiger partial charge in [-0.25, -0.2) is 4.79 Å². The number of methoxy groups -OCH3 is 1. The van der Waals surface area contributed by atoms with E-state index in [9.17, 15) is 9.59 Å². The third kappa shape index (κ3) is 2.18. The number of hydrogen-bond donors (Lipinski definition) is 0. The van der Waals surface area contributed by atoms with E-state index < -0.39 is 11.0 Å². The van der Waals surface area contributed by atoms with Gasteiger partial charge in [-0.3, -0.25) is 4.79 Å². The van der Waals surface area contributed by atoms with Crippen molar-refractivity contribution in [2.45, 2.75) is 51.7 Å². The molecule has 0 spiro atoms. The Morgan fingerprint density at radius 2 is 2.00 bits per heavy atom. The monoisotopic (exact) mass is 255 g/mol. The van der Waals surface area contributed by atoms with Crippen LogP contribution in [0.3, 0.4) is 0 Å². The lowest BCUT2D eigenvalue weighted by Gasteiger charge is -2.32. The molecule has 2 atom stereocenters. The van der Waals surface area contributed by atoms with Gasteiger partial charge in [0.05, 0.1) is 18.6 Å². The minimum atomic E-state index is -0.503. The van der Waals surface area contributed by atoms with E-state index >= 15 is 0 Å². The summed E-state index contributed by atoms with van der Waals surface area (Å²) in [5.41, 5.74) is -0.957. The van der Waals surface area contributed by atoms with E-state index in [1.807, 2.05) is 20.8 Å². The summed E-state index contributed by atoms with van der Waals surface area (Å²) in [5, 5.41) is 0. The van der Waals surface area contributed by atoms with Gasteiger partial charge in [0.2, 0.25) is 0 Å². The number of amides is 1. The van der Waals surface area contributed by atoms with Crippen LogP contribution in [0.15, 0.2) is 0 Å². The van der Waals surface area contributed by atoms with E-state index in [0.717, 1.165) is 12.8 Å². The zero-order valence-corrected chi connectivity index (χ0v) is 11.5. The third-order valence-corrected chi connectivity index (χ3v) is 3.65. The second kappa shape index (κ2) is 4.14. The molecular formula is C13H21NO4. The zero-order valence-electron chi connectivity index (χ0n) is 11.5. The maximum absolute atomic E-state index is 12.1. The van der Waals surface area contributed by atoms with Crippen LogP contribution >= 0.6 is 0 Å². The lowest BCUT2D eigenvalue weighted by molar-refractivity contribution is -0.149. The number of likely N-dealkylation sites (tertiary alicyclic amines) is 1. The number of hydrogen-bond acceptors (Lipinski definition) is 4. The van der Waals surface area contributed by atoms with Crippen molar-refractivity contribution in [3.8, 4) is 0 Å². The molecule has 0 aromatic rings. The average molecular weight is 255 g/mol. The summed E-state index contributed by atoms with van der Waals surface area (Å²) in [7, 11) is 1.40. The van der Waals surface area contributed by atoms with Crippen LogP contribution in [0.2, 0.25) is 0 Å². The second-order valence-corrected chi connectivity index (χ2v) is 6.14. The van der Waals surface area contributed by atoms with E-state index in [1.54, 1.807) is 4.90 Å². The zero-order chi connectivity index (χ0) is 13.6. The van der Waals surface area contributed by atoms with Gasteiger partial charge >= 0.3 is 12.1 Å². The van der Waals surface area contributed by atoms with Gasteiger partial charge in [-0.05, 0) is 40.0 Å². The van der Waals surface area contributed by atoms with Crippen molar-refractivity contribution >= 4 is 12.1 Å². The van der Waals surface area contributed by atoms with Crippen LogP contribution in [0.5, 0.6) is 0 Å². The van der Waals surface area contributed by atoms with Crippen molar-refractivity contribution in [3.05, 3.63) is 0 Å². The number of esters is 1. The van der Waals surface area contributed by atoms with Crippen LogP contribution in [-0.4, -0.2) is 42.3 Å². The first-order chi connectivity index (χ1) is 8.30. The Kier molecular flexibility index (Phi) is 3.03. The molecule has 1 saturated carbocycles. The van der Waals surface area contributed by atoms with Gasteiger partial charge in [-0.2, -0.15) is 0 Å². The Labute approximate surface area is 107 Å². The van der Waals surface area contributed by atoms with Crippen molar-refractivity contribution in [2.75, 3.05) is 13.7 Å². The number of fused-ring (bicyclic) bond motifs is 1. The van der Waals surface area contributed by atoms with E-state index in [-0.39, 0.29) is 18.1 Å². The molecule has 1 aliphatic carbocycles. The molecule has 1 heterocycles. The van der Waals surface area contributed by atoms with Crippen molar-refractivity contribution in [3.63, 3.8) is 0 Å². The van der Waals surface area contributed by atoms with Crippen LogP contribution < -0.4 is 0 Å². The van der Waals surface area contributed by atoms with Crippen molar-refractivity contribution < 1.29 is 19.1 Å². The minimum Gasteiger partial charge on any atom is -0.469 e. The first-order valence-corrected chi connectivity index (χ1v) is 6.38. The molecule has 2 fully saturated rings. The Morgan fingerprint density at radius 1 is 1.33 bits per heavy atom. The fourth-order valence-corrected chi connectivity index (χ4v) is 2.75. The summed E-state index contributed by atoms with van der Waals surface area (Å²) in [6, 6.07) is -0.0338. The predicted octanol–water partition coefficient (Wildman–Crippen LogP) is 1.95. The average Bonchev–Trinajstić information content (AvgIpc) is 3.00. The van der Waals surface area contributed by atoms with Crippen LogP contribution in [0.4, 0.5) is 4.79 Å². The van der Waals surface area contributed by atoms with Gasteiger partial charge in [0.15, 0.2) is 0 Å². The summed E-state index contributed by atoms with van der Waals surface area (Å²) in [5.74, 6) is -0.194. The van der Waals surface area contributed by atoms with Crippen molar-refractivity contribution in [1.82, 2.24) is 4.90 Å². The van der Waals surface area contributed by atoms with E-state index in [2.05, 4.69) is 0 Å². The standard InChI is InChI=1S/C13H21NO4/c1-12(2,3)18-11(16)14-7-5-6-13(8-9(13)14)10(15)17-4/h9H,5-8H2,1-4H3. The number of ether oxygens (including phenoxy) is 2. The lowest BCUT2D eigenvalue weighted by atomic mass is 9.96. The Hall–Kier alpha value is -1.26. The highest BCUT2D eigenvalue weighted by molar-refractivity contribution is 5.83. The summed E-state index contributed by atoms with van der Waals surface area (Å²) in [4.78, 5) is 25.5. The van der Waals surface area contributed by atoms with Gasteiger partial charge in [0.1, 0.15) is 5.60 Å². The molecule has 0 aromatic heterocycles. The Balaban J connectivity index is 2.05. The molecule has 18 heavy (non-hydrogen) atoms. The maximum atomic E-state index is 12.1. The van der Waals surface area contributed by atoms with Crippen molar-refractivity contribution in [1.29, 1.82) is 0 Å². The van der Waals surface area contributed by atoms with E-state index in [0.29, 0.717) is 13.0 Å². The topological polar surface area (TPSA) is 55.8 Å². The molecule has 1 amide bonds. The Morgan fingerprint density at radius 3 is 2.56 bits per heavy atom. The molecule has 2 unspecified atom stereocenters. The molecule has 1 aliphatic heterocycles. The van der Waals surface area contributed by atoms with Crippen LogP contribution in [0.1, 0.15) is 40.0 Å². The molecule has 102 valence electrons. The molecule has 0 radical (unpaired) electrons. The molecule has 5 heteroatoms. The first kappa shape index (κ1) is 13.2. The minimum absolute atomic E-state index is 0.0338. The number of piperidine rings is 1. The number of carbonyl (C=O) groups is 2.